The Hall–Kier alpha value is -1.66. The van der Waals surface area contributed by atoms with Gasteiger partial charge in [0.25, 0.3) is 0 Å². The first-order valence-corrected chi connectivity index (χ1v) is 17.1. The summed E-state index contributed by atoms with van der Waals surface area (Å²) in [6.07, 6.45) is 6.34. The summed E-state index contributed by atoms with van der Waals surface area (Å²) in [5.41, 5.74) is 0.146. The number of esters is 1. The third kappa shape index (κ3) is 5.09. The Morgan fingerprint density at radius 3 is 2.44 bits per heavy atom. The van der Waals surface area contributed by atoms with Gasteiger partial charge in [-0.25, -0.2) is 4.79 Å². The average Bonchev–Trinajstić information content (AvgIpc) is 3.55. The lowest BCUT2D eigenvalue weighted by molar-refractivity contribution is -0.330. The first-order valence-electron chi connectivity index (χ1n) is 17.1. The number of aliphatic hydroxyl groups is 3. The third-order valence-corrected chi connectivity index (χ3v) is 13.5. The van der Waals surface area contributed by atoms with Gasteiger partial charge in [-0.05, 0) is 118 Å². The maximum Gasteiger partial charge on any atom is 0.331 e. The van der Waals surface area contributed by atoms with Gasteiger partial charge >= 0.3 is 5.97 Å². The number of ketones is 1. The van der Waals surface area contributed by atoms with Crippen LogP contribution in [0.4, 0.5) is 0 Å². The number of hydrogen-bond acceptors (Lipinski definition) is 10. The fourth-order valence-electron chi connectivity index (χ4n) is 10.8. The SMILES string of the molecule is CC1OC(O[C@H]2CCC3(C)C4CCC5(C)[C@@H](C6=CC(=O)OC6)CC[C@]5(O)C4CC[C@@H]3C2)[C@@H](O)[C@@H](OC2C=CC(=O)[C@H](C)O2)[C@H]1O. The predicted molar refractivity (Wildman–Crippen MR) is 160 cm³/mol. The third-order valence-electron chi connectivity index (χ3n) is 13.5. The van der Waals surface area contributed by atoms with Crippen molar-refractivity contribution in [1.82, 2.24) is 0 Å². The lowest BCUT2D eigenvalue weighted by Crippen LogP contribution is -2.63. The van der Waals surface area contributed by atoms with E-state index >= 15 is 0 Å². The number of aliphatic hydroxyl groups excluding tert-OH is 2. The van der Waals surface area contributed by atoms with Crippen molar-refractivity contribution < 1.29 is 48.6 Å². The number of carbonyl (C=O) groups excluding carboxylic acids is 2. The van der Waals surface area contributed by atoms with Gasteiger partial charge in [-0.1, -0.05) is 13.8 Å². The molecule has 3 N–H and O–H groups in total. The number of hydrogen-bond donors (Lipinski definition) is 3. The molecule has 10 nitrogen and oxygen atoms in total. The lowest BCUT2D eigenvalue weighted by Gasteiger charge is -2.64. The van der Waals surface area contributed by atoms with E-state index in [1.165, 1.54) is 12.2 Å². The van der Waals surface area contributed by atoms with Crippen molar-refractivity contribution in [3.63, 3.8) is 0 Å². The molecule has 7 rings (SSSR count). The van der Waals surface area contributed by atoms with Crippen molar-refractivity contribution in [2.45, 2.75) is 140 Å². The zero-order valence-corrected chi connectivity index (χ0v) is 26.9. The van der Waals surface area contributed by atoms with Gasteiger partial charge in [0, 0.05) is 11.5 Å². The number of rotatable bonds is 5. The number of ether oxygens (including phenoxy) is 5. The minimum Gasteiger partial charge on any atom is -0.458 e. The van der Waals surface area contributed by atoms with E-state index in [-0.39, 0.29) is 40.5 Å². The zero-order valence-electron chi connectivity index (χ0n) is 26.9. The van der Waals surface area contributed by atoms with Gasteiger partial charge in [-0.2, -0.15) is 0 Å². The van der Waals surface area contributed by atoms with E-state index in [0.29, 0.717) is 18.4 Å². The van der Waals surface area contributed by atoms with Gasteiger partial charge < -0.3 is 39.0 Å². The molecule has 3 heterocycles. The van der Waals surface area contributed by atoms with Crippen molar-refractivity contribution in [2.24, 2.45) is 34.5 Å². The molecule has 10 heteroatoms. The summed E-state index contributed by atoms with van der Waals surface area (Å²) in [5.74, 6) is 0.859. The van der Waals surface area contributed by atoms with Crippen LogP contribution in [0.3, 0.4) is 0 Å². The Bertz CT molecular complexity index is 1250. The van der Waals surface area contributed by atoms with E-state index in [0.717, 1.165) is 63.4 Å². The number of cyclic esters (lactones) is 1. The van der Waals surface area contributed by atoms with Gasteiger partial charge in [0.2, 0.25) is 0 Å². The summed E-state index contributed by atoms with van der Waals surface area (Å²) in [7, 11) is 0. The van der Waals surface area contributed by atoms with Gasteiger partial charge in [-0.15, -0.1) is 0 Å². The second-order valence-corrected chi connectivity index (χ2v) is 15.5. The highest BCUT2D eigenvalue weighted by Gasteiger charge is 2.67. The molecule has 0 aromatic rings. The highest BCUT2D eigenvalue weighted by atomic mass is 16.7. The molecule has 0 bridgehead atoms. The van der Waals surface area contributed by atoms with Crippen molar-refractivity contribution in [1.29, 1.82) is 0 Å². The Labute approximate surface area is 265 Å². The Morgan fingerprint density at radius 1 is 0.911 bits per heavy atom. The smallest absolute Gasteiger partial charge is 0.331 e. The molecule has 7 unspecified atom stereocenters. The summed E-state index contributed by atoms with van der Waals surface area (Å²) in [4.78, 5) is 23.7. The van der Waals surface area contributed by atoms with Crippen LogP contribution in [0.1, 0.15) is 85.5 Å². The van der Waals surface area contributed by atoms with E-state index in [1.807, 2.05) is 0 Å². The van der Waals surface area contributed by atoms with Crippen LogP contribution in [-0.2, 0) is 33.3 Å². The molecule has 7 aliphatic rings. The summed E-state index contributed by atoms with van der Waals surface area (Å²) < 4.78 is 29.3. The van der Waals surface area contributed by atoms with Crippen LogP contribution >= 0.6 is 0 Å². The topological polar surface area (TPSA) is 141 Å². The highest BCUT2D eigenvalue weighted by Crippen LogP contribution is 2.70. The van der Waals surface area contributed by atoms with Crippen molar-refractivity contribution >= 4 is 11.8 Å². The molecule has 1 saturated heterocycles. The van der Waals surface area contributed by atoms with E-state index in [2.05, 4.69) is 13.8 Å². The average molecular weight is 631 g/mol. The van der Waals surface area contributed by atoms with E-state index in [4.69, 9.17) is 23.7 Å². The van der Waals surface area contributed by atoms with Crippen LogP contribution in [0.2, 0.25) is 0 Å². The molecule has 0 amide bonds. The molecule has 250 valence electrons. The largest absolute Gasteiger partial charge is 0.458 e. The van der Waals surface area contributed by atoms with Crippen LogP contribution in [0, 0.1) is 34.5 Å². The Kier molecular flexibility index (Phi) is 8.15. The van der Waals surface area contributed by atoms with Crippen LogP contribution in [0.5, 0.6) is 0 Å². The molecule has 45 heavy (non-hydrogen) atoms. The number of fused-ring (bicyclic) bond motifs is 5. The van der Waals surface area contributed by atoms with Crippen LogP contribution in [-0.4, -0.2) is 88.5 Å². The monoisotopic (exact) mass is 630 g/mol. The standard InChI is InChI=1S/C35H50O10/c1-18-26(36)7-8-28(42-18)45-31-29(38)19(2)43-32(30(31)39)44-22-9-12-33(3)21(16-22)5-6-25-24(33)10-13-34(4)23(11-14-35(25,34)40)20-15-27(37)41-17-20/h7-8,15,18-19,21-25,28-32,38-40H,5-6,9-14,16-17H2,1-4H3/t18-,19?,21+,22-,23+,24?,25?,28?,29-,30-,31-,32?,33?,34?,35-/m0/s1. The zero-order chi connectivity index (χ0) is 31.9. The number of carbonyl (C=O) groups is 2. The van der Waals surface area contributed by atoms with Gasteiger partial charge in [-0.3, -0.25) is 4.79 Å². The van der Waals surface area contributed by atoms with Gasteiger partial charge in [0.15, 0.2) is 18.4 Å². The molecule has 0 aromatic heterocycles. The fourth-order valence-corrected chi connectivity index (χ4v) is 10.8. The van der Waals surface area contributed by atoms with Crippen molar-refractivity contribution in [3.05, 3.63) is 23.8 Å². The quantitative estimate of drug-likeness (QED) is 0.306. The van der Waals surface area contributed by atoms with Crippen molar-refractivity contribution in [3.8, 4) is 0 Å². The lowest BCUT2D eigenvalue weighted by atomic mass is 9.43. The van der Waals surface area contributed by atoms with Crippen LogP contribution < -0.4 is 0 Å². The maximum atomic E-state index is 12.5. The minimum atomic E-state index is -1.23. The normalized spacial score (nSPS) is 52.9. The maximum absolute atomic E-state index is 12.5. The van der Waals surface area contributed by atoms with E-state index < -0.39 is 48.7 Å². The van der Waals surface area contributed by atoms with Crippen LogP contribution in [0.25, 0.3) is 0 Å². The summed E-state index contributed by atoms with van der Waals surface area (Å²) >= 11 is 0. The van der Waals surface area contributed by atoms with Gasteiger partial charge in [0.1, 0.15) is 31.0 Å². The Balaban J connectivity index is 1.01. The molecular weight excluding hydrogens is 580 g/mol. The molecule has 4 aliphatic carbocycles. The van der Waals surface area contributed by atoms with Crippen molar-refractivity contribution in [2.75, 3.05) is 6.61 Å². The molecular formula is C35H50O10. The van der Waals surface area contributed by atoms with E-state index in [1.54, 1.807) is 19.9 Å². The first kappa shape index (κ1) is 31.9. The molecule has 0 spiro atoms. The minimum absolute atomic E-state index is 0.0869. The second-order valence-electron chi connectivity index (χ2n) is 15.5. The summed E-state index contributed by atoms with van der Waals surface area (Å²) in [6.45, 7) is 8.41. The molecule has 5 fully saturated rings. The molecule has 15 atom stereocenters. The second kappa shape index (κ2) is 11.5. The molecule has 0 aromatic carbocycles. The first-order chi connectivity index (χ1) is 21.3. The summed E-state index contributed by atoms with van der Waals surface area (Å²) in [6, 6.07) is 0. The fraction of sp³-hybridized carbons (Fsp3) is 0.829. The molecule has 4 saturated carbocycles. The molecule has 0 radical (unpaired) electrons. The molecule has 3 aliphatic heterocycles. The van der Waals surface area contributed by atoms with Gasteiger partial charge in [0.05, 0.1) is 17.8 Å². The van der Waals surface area contributed by atoms with E-state index in [9.17, 15) is 24.9 Å². The predicted octanol–water partition coefficient (Wildman–Crippen LogP) is 3.35. The van der Waals surface area contributed by atoms with Crippen LogP contribution in [0.15, 0.2) is 23.8 Å². The summed E-state index contributed by atoms with van der Waals surface area (Å²) in [5, 5.41) is 34.6. The Morgan fingerprint density at radius 2 is 1.71 bits per heavy atom. The highest BCUT2D eigenvalue weighted by molar-refractivity contribution is 5.93.